The van der Waals surface area contributed by atoms with Crippen LogP contribution in [0.1, 0.15) is 42.7 Å². The predicted molar refractivity (Wildman–Crippen MR) is 112 cm³/mol. The van der Waals surface area contributed by atoms with Crippen LogP contribution in [-0.4, -0.2) is 17.0 Å². The number of benzene rings is 2. The molecule has 0 bridgehead atoms. The van der Waals surface area contributed by atoms with Crippen LogP contribution in [-0.2, 0) is 0 Å². The molecule has 0 saturated carbocycles. The first kappa shape index (κ1) is 19.4. The molecule has 0 amide bonds. The summed E-state index contributed by atoms with van der Waals surface area (Å²) in [6.45, 7) is 5.76. The number of carbonyl (C=O) groups is 1. The summed E-state index contributed by atoms with van der Waals surface area (Å²) in [6.07, 6.45) is -0.0167. The second kappa shape index (κ2) is 8.11. The number of nitrogens with one attached hydrogen (secondary N) is 2. The summed E-state index contributed by atoms with van der Waals surface area (Å²) < 4.78 is 5.96. The zero-order valence-electron chi connectivity index (χ0n) is 15.4. The van der Waals surface area contributed by atoms with Crippen molar-refractivity contribution in [2.75, 3.05) is 0 Å². The van der Waals surface area contributed by atoms with Crippen LogP contribution in [0.25, 0.3) is 0 Å². The Morgan fingerprint density at radius 1 is 1.19 bits per heavy atom. The molecule has 0 spiro atoms. The number of ether oxygens (including phenoxy) is 1. The van der Waals surface area contributed by atoms with Gasteiger partial charge in [-0.2, -0.15) is 0 Å². The molecule has 27 heavy (non-hydrogen) atoms. The van der Waals surface area contributed by atoms with Gasteiger partial charge in [0.25, 0.3) is 0 Å². The number of ketones is 1. The highest BCUT2D eigenvalue weighted by Gasteiger charge is 2.32. The van der Waals surface area contributed by atoms with Crippen LogP contribution in [0.15, 0.2) is 59.8 Å². The van der Waals surface area contributed by atoms with Crippen molar-refractivity contribution in [1.29, 1.82) is 0 Å². The molecular weight excluding hydrogens is 380 g/mol. The van der Waals surface area contributed by atoms with Crippen molar-refractivity contribution in [2.45, 2.75) is 32.9 Å². The van der Waals surface area contributed by atoms with Gasteiger partial charge in [-0.05, 0) is 51.2 Å². The summed E-state index contributed by atoms with van der Waals surface area (Å²) in [6, 6.07) is 14.1. The molecule has 2 N–H and O–H groups in total. The lowest BCUT2D eigenvalue weighted by Gasteiger charge is -2.31. The maximum atomic E-state index is 13.3. The molecule has 4 nitrogen and oxygen atoms in total. The lowest BCUT2D eigenvalue weighted by molar-refractivity contribution is 0.102. The fourth-order valence-electron chi connectivity index (χ4n) is 3.08. The van der Waals surface area contributed by atoms with Crippen LogP contribution in [0.4, 0.5) is 0 Å². The lowest BCUT2D eigenvalue weighted by atomic mass is 9.89. The second-order valence-corrected chi connectivity index (χ2v) is 7.46. The SMILES string of the molecule is CC1=C(C(=O)c2ccccc2)C(c2cc(Cl)ccc2OC(C)C)NC(=S)N1. The average molecular weight is 401 g/mol. The van der Waals surface area contributed by atoms with E-state index in [1.54, 1.807) is 18.2 Å². The van der Waals surface area contributed by atoms with Crippen LogP contribution in [0, 0.1) is 0 Å². The summed E-state index contributed by atoms with van der Waals surface area (Å²) in [4.78, 5) is 13.3. The minimum Gasteiger partial charge on any atom is -0.491 e. The van der Waals surface area contributed by atoms with Gasteiger partial charge in [-0.3, -0.25) is 4.79 Å². The smallest absolute Gasteiger partial charge is 0.193 e. The number of Topliss-reactive ketones (excluding diaryl/α,β-unsaturated/α-hetero) is 1. The van der Waals surface area contributed by atoms with Gasteiger partial charge >= 0.3 is 0 Å². The summed E-state index contributed by atoms with van der Waals surface area (Å²) >= 11 is 11.6. The van der Waals surface area contributed by atoms with E-state index in [-0.39, 0.29) is 11.9 Å². The molecule has 0 aromatic heterocycles. The second-order valence-electron chi connectivity index (χ2n) is 6.61. The Morgan fingerprint density at radius 2 is 1.89 bits per heavy atom. The summed E-state index contributed by atoms with van der Waals surface area (Å²) in [5.41, 5.74) is 2.69. The summed E-state index contributed by atoms with van der Waals surface area (Å²) in [5.74, 6) is 0.596. The van der Waals surface area contributed by atoms with E-state index in [0.29, 0.717) is 32.7 Å². The van der Waals surface area contributed by atoms with E-state index in [1.807, 2.05) is 51.1 Å². The number of allylic oxidation sites excluding steroid dienone is 1. The normalized spacial score (nSPS) is 16.8. The number of carbonyl (C=O) groups excluding carboxylic acids is 1. The fourth-order valence-corrected chi connectivity index (χ4v) is 3.53. The molecule has 6 heteroatoms. The van der Waals surface area contributed by atoms with E-state index in [2.05, 4.69) is 10.6 Å². The molecule has 2 aromatic rings. The molecule has 0 aliphatic carbocycles. The fraction of sp³-hybridized carbons (Fsp3) is 0.238. The molecule has 2 aromatic carbocycles. The zero-order chi connectivity index (χ0) is 19.6. The van der Waals surface area contributed by atoms with Crippen LogP contribution in [0.2, 0.25) is 5.02 Å². The molecule has 1 aliphatic heterocycles. The third kappa shape index (κ3) is 4.31. The predicted octanol–water partition coefficient (Wildman–Crippen LogP) is 4.80. The van der Waals surface area contributed by atoms with Crippen LogP contribution < -0.4 is 15.4 Å². The first-order valence-corrected chi connectivity index (χ1v) is 9.49. The highest BCUT2D eigenvalue weighted by molar-refractivity contribution is 7.80. The quantitative estimate of drug-likeness (QED) is 0.557. The summed E-state index contributed by atoms with van der Waals surface area (Å²) in [7, 11) is 0. The molecule has 1 atom stereocenters. The minimum absolute atomic E-state index is 0.0167. The Bertz CT molecular complexity index is 910. The molecule has 0 fully saturated rings. The summed E-state index contributed by atoms with van der Waals surface area (Å²) in [5, 5.41) is 7.29. The van der Waals surface area contributed by atoms with Crippen molar-refractivity contribution in [3.63, 3.8) is 0 Å². The Morgan fingerprint density at radius 3 is 2.56 bits per heavy atom. The number of thiocarbonyl (C=S) groups is 1. The highest BCUT2D eigenvalue weighted by atomic mass is 35.5. The van der Waals surface area contributed by atoms with Gasteiger partial charge in [-0.25, -0.2) is 0 Å². The first-order chi connectivity index (χ1) is 12.9. The van der Waals surface area contributed by atoms with Crippen LogP contribution in [0.5, 0.6) is 5.75 Å². The standard InChI is InChI=1S/C21H21ClN2O2S/c1-12(2)26-17-10-9-15(22)11-16(17)19-18(13(3)23-21(27)24-19)20(25)14-7-5-4-6-8-14/h4-12,19H,1-3H3,(H2,23,24,27). The third-order valence-electron chi connectivity index (χ3n) is 4.20. The van der Waals surface area contributed by atoms with Crippen molar-refractivity contribution in [3.8, 4) is 5.75 Å². The molecule has 1 aliphatic rings. The maximum Gasteiger partial charge on any atom is 0.193 e. The molecule has 140 valence electrons. The van der Waals surface area contributed by atoms with Crippen molar-refractivity contribution in [1.82, 2.24) is 10.6 Å². The molecule has 0 radical (unpaired) electrons. The Kier molecular flexibility index (Phi) is 5.82. The van der Waals surface area contributed by atoms with E-state index in [1.165, 1.54) is 0 Å². The topological polar surface area (TPSA) is 50.4 Å². The molecule has 3 rings (SSSR count). The third-order valence-corrected chi connectivity index (χ3v) is 4.65. The number of hydrogen-bond acceptors (Lipinski definition) is 3. The van der Waals surface area contributed by atoms with Crippen molar-refractivity contribution in [2.24, 2.45) is 0 Å². The van der Waals surface area contributed by atoms with Gasteiger partial charge in [0.2, 0.25) is 0 Å². The number of hydrogen-bond donors (Lipinski definition) is 2. The maximum absolute atomic E-state index is 13.3. The van der Waals surface area contributed by atoms with E-state index in [0.717, 1.165) is 5.56 Å². The Labute approximate surface area is 169 Å². The van der Waals surface area contributed by atoms with Crippen LogP contribution in [0.3, 0.4) is 0 Å². The van der Waals surface area contributed by atoms with Crippen molar-refractivity contribution in [3.05, 3.63) is 76.0 Å². The number of rotatable bonds is 5. The van der Waals surface area contributed by atoms with E-state index in [9.17, 15) is 4.79 Å². The lowest BCUT2D eigenvalue weighted by Crippen LogP contribution is -2.45. The molecular formula is C21H21ClN2O2S. The Hall–Kier alpha value is -2.37. The van der Waals surface area contributed by atoms with Crippen LogP contribution >= 0.6 is 23.8 Å². The van der Waals surface area contributed by atoms with Gasteiger partial charge in [0.1, 0.15) is 5.75 Å². The largest absolute Gasteiger partial charge is 0.491 e. The average Bonchev–Trinajstić information content (AvgIpc) is 2.62. The van der Waals surface area contributed by atoms with Gasteiger partial charge in [-0.15, -0.1) is 0 Å². The monoisotopic (exact) mass is 400 g/mol. The molecule has 1 unspecified atom stereocenters. The molecule has 1 heterocycles. The van der Waals surface area contributed by atoms with Gasteiger partial charge in [0.15, 0.2) is 10.9 Å². The van der Waals surface area contributed by atoms with Gasteiger partial charge in [0, 0.05) is 27.4 Å². The minimum atomic E-state index is -0.459. The van der Waals surface area contributed by atoms with Crippen molar-refractivity contribution >= 4 is 34.7 Å². The molecule has 0 saturated heterocycles. The highest BCUT2D eigenvalue weighted by Crippen LogP contribution is 2.36. The Balaban J connectivity index is 2.12. The van der Waals surface area contributed by atoms with E-state index < -0.39 is 6.04 Å². The van der Waals surface area contributed by atoms with Gasteiger partial charge < -0.3 is 15.4 Å². The zero-order valence-corrected chi connectivity index (χ0v) is 16.9. The van der Waals surface area contributed by atoms with Gasteiger partial charge in [-0.1, -0.05) is 41.9 Å². The van der Waals surface area contributed by atoms with Crippen molar-refractivity contribution < 1.29 is 9.53 Å². The van der Waals surface area contributed by atoms with E-state index in [4.69, 9.17) is 28.6 Å². The first-order valence-electron chi connectivity index (χ1n) is 8.71. The number of halogens is 1. The van der Waals surface area contributed by atoms with E-state index >= 15 is 0 Å². The van der Waals surface area contributed by atoms with Gasteiger partial charge in [0.05, 0.1) is 12.1 Å².